The first kappa shape index (κ1) is 15.9. The summed E-state index contributed by atoms with van der Waals surface area (Å²) >= 11 is 0. The van der Waals surface area contributed by atoms with Gasteiger partial charge in [-0.3, -0.25) is 4.98 Å². The molecule has 0 saturated carbocycles. The smallest absolute Gasteiger partial charge is 0.408 e. The topological polar surface area (TPSA) is 77.5 Å². The Morgan fingerprint density at radius 3 is 2.55 bits per heavy atom. The maximum atomic E-state index is 11.9. The van der Waals surface area contributed by atoms with Gasteiger partial charge in [0.2, 0.25) is 0 Å². The van der Waals surface area contributed by atoms with Crippen molar-refractivity contribution in [1.29, 1.82) is 0 Å². The quantitative estimate of drug-likeness (QED) is 0.856. The molecule has 0 fully saturated rings. The van der Waals surface area contributed by atoms with Crippen LogP contribution in [0, 0.1) is 0 Å². The summed E-state index contributed by atoms with van der Waals surface area (Å²) in [6.07, 6.45) is 0.847. The summed E-state index contributed by atoms with van der Waals surface area (Å²) in [5.41, 5.74) is -0.246. The molecule has 0 spiro atoms. The summed E-state index contributed by atoms with van der Waals surface area (Å²) in [5.74, 6) is -0.572. The highest BCUT2D eigenvalue weighted by molar-refractivity contribution is 5.82. The average molecular weight is 280 g/mol. The molecule has 1 atom stereocenters. The van der Waals surface area contributed by atoms with E-state index in [0.29, 0.717) is 5.69 Å². The Kier molecular flexibility index (Phi) is 5.49. The molecule has 6 nitrogen and oxygen atoms in total. The molecule has 0 saturated heterocycles. The summed E-state index contributed by atoms with van der Waals surface area (Å²) in [6.45, 7) is 7.14. The number of ether oxygens (including phenoxy) is 2. The second kappa shape index (κ2) is 6.88. The fourth-order valence-electron chi connectivity index (χ4n) is 1.45. The second-order valence-corrected chi connectivity index (χ2v) is 5.09. The number of nitrogens with zero attached hydrogens (tertiary/aromatic N) is 1. The Hall–Kier alpha value is -2.11. The number of carbonyl (C=O) groups is 2. The van der Waals surface area contributed by atoms with Gasteiger partial charge < -0.3 is 14.8 Å². The van der Waals surface area contributed by atoms with Crippen molar-refractivity contribution in [2.24, 2.45) is 0 Å². The van der Waals surface area contributed by atoms with Gasteiger partial charge in [-0.1, -0.05) is 6.07 Å². The first-order valence-corrected chi connectivity index (χ1v) is 6.40. The molecule has 110 valence electrons. The fraction of sp³-hybridized carbons (Fsp3) is 0.500. The van der Waals surface area contributed by atoms with E-state index >= 15 is 0 Å². The minimum atomic E-state index is -0.981. The summed E-state index contributed by atoms with van der Waals surface area (Å²) < 4.78 is 10.1. The van der Waals surface area contributed by atoms with E-state index in [-0.39, 0.29) is 6.61 Å². The van der Waals surface area contributed by atoms with Crippen LogP contribution < -0.4 is 5.32 Å². The van der Waals surface area contributed by atoms with Crippen LogP contribution in [-0.2, 0) is 14.3 Å². The lowest BCUT2D eigenvalue weighted by molar-refractivity contribution is -0.146. The average Bonchev–Trinajstić information content (AvgIpc) is 2.35. The molecule has 0 aromatic carbocycles. The highest BCUT2D eigenvalue weighted by Crippen LogP contribution is 2.14. The molecule has 6 heteroatoms. The highest BCUT2D eigenvalue weighted by atomic mass is 16.6. The number of hydrogen-bond acceptors (Lipinski definition) is 5. The minimum absolute atomic E-state index is 0.220. The zero-order valence-electron chi connectivity index (χ0n) is 12.2. The summed E-state index contributed by atoms with van der Waals surface area (Å²) in [4.78, 5) is 27.8. The Labute approximate surface area is 118 Å². The standard InChI is InChI=1S/C14H20N2O4/c1-5-19-12(17)11(10-8-6-7-9-15-10)16-13(18)20-14(2,3)4/h6-9,11H,5H2,1-4H3,(H,16,18)/t11-/m0/s1. The van der Waals surface area contributed by atoms with Gasteiger partial charge in [0.25, 0.3) is 0 Å². The molecule has 1 aromatic rings. The van der Waals surface area contributed by atoms with Crippen molar-refractivity contribution in [3.05, 3.63) is 30.1 Å². The van der Waals surface area contributed by atoms with Gasteiger partial charge in [0.05, 0.1) is 12.3 Å². The van der Waals surface area contributed by atoms with Gasteiger partial charge in [0, 0.05) is 6.20 Å². The lowest BCUT2D eigenvalue weighted by Gasteiger charge is -2.22. The van der Waals surface area contributed by atoms with Gasteiger partial charge in [-0.15, -0.1) is 0 Å². The van der Waals surface area contributed by atoms with Gasteiger partial charge >= 0.3 is 12.1 Å². The zero-order valence-corrected chi connectivity index (χ0v) is 12.2. The third kappa shape index (κ3) is 5.26. The van der Waals surface area contributed by atoms with Crippen LogP contribution >= 0.6 is 0 Å². The van der Waals surface area contributed by atoms with Crippen molar-refractivity contribution >= 4 is 12.1 Å². The van der Waals surface area contributed by atoms with Crippen LogP contribution in [-0.4, -0.2) is 29.3 Å². The van der Waals surface area contributed by atoms with Crippen LogP contribution in [0.5, 0.6) is 0 Å². The van der Waals surface area contributed by atoms with E-state index < -0.39 is 23.7 Å². The van der Waals surface area contributed by atoms with Gasteiger partial charge in [-0.05, 0) is 39.8 Å². The van der Waals surface area contributed by atoms with E-state index in [2.05, 4.69) is 10.3 Å². The number of amides is 1. The summed E-state index contributed by atoms with van der Waals surface area (Å²) in [6, 6.07) is 4.11. The molecule has 0 unspecified atom stereocenters. The number of rotatable bonds is 4. The van der Waals surface area contributed by atoms with Gasteiger partial charge in [-0.2, -0.15) is 0 Å². The van der Waals surface area contributed by atoms with Crippen molar-refractivity contribution in [3.63, 3.8) is 0 Å². The third-order valence-electron chi connectivity index (χ3n) is 2.17. The normalized spacial score (nSPS) is 12.4. The second-order valence-electron chi connectivity index (χ2n) is 5.09. The van der Waals surface area contributed by atoms with Crippen molar-refractivity contribution in [2.75, 3.05) is 6.61 Å². The molecule has 1 rings (SSSR count). The highest BCUT2D eigenvalue weighted by Gasteiger charge is 2.27. The minimum Gasteiger partial charge on any atom is -0.464 e. The molecule has 1 heterocycles. The van der Waals surface area contributed by atoms with Crippen LogP contribution in [0.15, 0.2) is 24.4 Å². The Morgan fingerprint density at radius 2 is 2.05 bits per heavy atom. The SMILES string of the molecule is CCOC(=O)[C@@H](NC(=O)OC(C)(C)C)c1ccccn1. The fourth-order valence-corrected chi connectivity index (χ4v) is 1.45. The predicted octanol–water partition coefficient (Wildman–Crippen LogP) is 2.21. The number of hydrogen-bond donors (Lipinski definition) is 1. The van der Waals surface area contributed by atoms with Crippen molar-refractivity contribution in [2.45, 2.75) is 39.3 Å². The number of nitrogens with one attached hydrogen (secondary N) is 1. The summed E-state index contributed by atoms with van der Waals surface area (Å²) in [7, 11) is 0. The lowest BCUT2D eigenvalue weighted by atomic mass is 10.2. The molecule has 0 aliphatic carbocycles. The number of pyridine rings is 1. The third-order valence-corrected chi connectivity index (χ3v) is 2.17. The van der Waals surface area contributed by atoms with Crippen LogP contribution in [0.3, 0.4) is 0 Å². The summed E-state index contributed by atoms with van der Waals surface area (Å²) in [5, 5.41) is 2.48. The number of alkyl carbamates (subject to hydrolysis) is 1. The molecular weight excluding hydrogens is 260 g/mol. The molecule has 0 aliphatic heterocycles. The van der Waals surface area contributed by atoms with E-state index in [1.807, 2.05) is 0 Å². The molecule has 20 heavy (non-hydrogen) atoms. The molecule has 0 bridgehead atoms. The van der Waals surface area contributed by atoms with Crippen molar-refractivity contribution in [3.8, 4) is 0 Å². The van der Waals surface area contributed by atoms with Crippen LogP contribution in [0.4, 0.5) is 4.79 Å². The molecule has 1 N–H and O–H groups in total. The monoisotopic (exact) mass is 280 g/mol. The van der Waals surface area contributed by atoms with Crippen LogP contribution in [0.25, 0.3) is 0 Å². The Morgan fingerprint density at radius 1 is 1.35 bits per heavy atom. The first-order chi connectivity index (χ1) is 9.33. The van der Waals surface area contributed by atoms with Crippen molar-refractivity contribution in [1.82, 2.24) is 10.3 Å². The van der Waals surface area contributed by atoms with Gasteiger partial charge in [0.1, 0.15) is 5.60 Å². The molecule has 1 aromatic heterocycles. The number of carbonyl (C=O) groups excluding carboxylic acids is 2. The Bertz CT molecular complexity index is 454. The van der Waals surface area contributed by atoms with Gasteiger partial charge in [-0.25, -0.2) is 9.59 Å². The van der Waals surface area contributed by atoms with E-state index in [0.717, 1.165) is 0 Å². The lowest BCUT2D eigenvalue weighted by Crippen LogP contribution is -2.39. The van der Waals surface area contributed by atoms with Gasteiger partial charge in [0.15, 0.2) is 6.04 Å². The largest absolute Gasteiger partial charge is 0.464 e. The molecular formula is C14H20N2O4. The van der Waals surface area contributed by atoms with E-state index in [1.165, 1.54) is 0 Å². The Balaban J connectivity index is 2.84. The molecule has 0 radical (unpaired) electrons. The maximum Gasteiger partial charge on any atom is 0.408 e. The zero-order chi connectivity index (χ0) is 15.2. The van der Waals surface area contributed by atoms with E-state index in [9.17, 15) is 9.59 Å². The van der Waals surface area contributed by atoms with Crippen LogP contribution in [0.2, 0.25) is 0 Å². The number of esters is 1. The first-order valence-electron chi connectivity index (χ1n) is 6.40. The maximum absolute atomic E-state index is 11.9. The van der Waals surface area contributed by atoms with E-state index in [1.54, 1.807) is 52.1 Å². The van der Waals surface area contributed by atoms with Crippen molar-refractivity contribution < 1.29 is 19.1 Å². The predicted molar refractivity (Wildman–Crippen MR) is 73.0 cm³/mol. The number of aromatic nitrogens is 1. The van der Waals surface area contributed by atoms with E-state index in [4.69, 9.17) is 9.47 Å². The van der Waals surface area contributed by atoms with Crippen LogP contribution in [0.1, 0.15) is 39.4 Å². The molecule has 0 aliphatic rings. The molecule has 1 amide bonds.